The Morgan fingerprint density at radius 1 is 0.907 bits per heavy atom. The van der Waals surface area contributed by atoms with Crippen molar-refractivity contribution in [3.05, 3.63) is 95.8 Å². The van der Waals surface area contributed by atoms with E-state index in [1.54, 1.807) is 68.4 Å². The third-order valence-corrected chi connectivity index (χ3v) is 11.9. The van der Waals surface area contributed by atoms with Gasteiger partial charge in [-0.25, -0.2) is 18.8 Å². The summed E-state index contributed by atoms with van der Waals surface area (Å²) in [5.74, 6) is 1.92. The van der Waals surface area contributed by atoms with Gasteiger partial charge in [-0.15, -0.1) is 0 Å². The molecule has 400 valence electrons. The Kier molecular flexibility index (Phi) is 21.3. The smallest absolute Gasteiger partial charge is 0.414 e. The van der Waals surface area contributed by atoms with Crippen molar-refractivity contribution in [2.24, 2.45) is 22.6 Å². The normalized spacial score (nSPS) is 15.0. The van der Waals surface area contributed by atoms with Crippen LogP contribution in [-0.4, -0.2) is 126 Å². The SMILES string of the molecule is CC(=O)NCC1CN(c2ccc(-c3ccc(CN(CC(C=N)=NN)C(=O)OCc4ccc(NC(=O)[C@H](CCCNC(N)=O)NC(=O)[C@@H](NC(=O)CCCCCN5C(=O)C=CC5=O)C(C)C)cc4)cc3)c(F)c2)C(=O)O1. The maximum absolute atomic E-state index is 15.5. The Balaban J connectivity index is 1.15. The van der Waals surface area contributed by atoms with E-state index in [1.807, 2.05) is 0 Å². The zero-order valence-corrected chi connectivity index (χ0v) is 41.9. The molecular weight excluding hydrogens is 976 g/mol. The number of hydrazone groups is 1. The van der Waals surface area contributed by atoms with Crippen LogP contribution in [0.3, 0.4) is 0 Å². The number of carbonyl (C=O) groups is 9. The lowest BCUT2D eigenvalue weighted by Crippen LogP contribution is -2.54. The number of ether oxygens (including phenoxy) is 2. The summed E-state index contributed by atoms with van der Waals surface area (Å²) in [6, 6.07) is 14.6. The summed E-state index contributed by atoms with van der Waals surface area (Å²) in [5, 5.41) is 24.6. The lowest BCUT2D eigenvalue weighted by Gasteiger charge is -2.25. The van der Waals surface area contributed by atoms with Crippen molar-refractivity contribution >= 4 is 77.0 Å². The van der Waals surface area contributed by atoms with Crippen LogP contribution in [0.5, 0.6) is 0 Å². The van der Waals surface area contributed by atoms with Crippen molar-refractivity contribution in [3.8, 4) is 11.1 Å². The molecule has 1 unspecified atom stereocenters. The molecule has 0 spiro atoms. The Morgan fingerprint density at radius 3 is 2.23 bits per heavy atom. The molecule has 2 aliphatic heterocycles. The molecule has 0 aromatic heterocycles. The standard InChI is InChI=1S/C51H63FN12O11/c1-31(2)46(60-43(66)9-5-4-6-23-63-44(67)20-21-45(63)68)48(70)59-42(8-7-22-56-49(54)71)47(69)58-36-16-12-34(13-17-36)30-74-50(72)62(28-37(25-53)61-55)27-33-10-14-35(15-11-33)40-19-18-38(24-41(40)52)64-29-39(75-51(64)73)26-57-32(3)65/h10-21,24-25,31,39,42,46,53H,4-9,22-23,26-30,55H2,1-3H3,(H,57,65)(H,58,69)(H,59,70)(H,60,66)(H3,54,56,71)/t39?,42-,46-/m0/s1. The minimum Gasteiger partial charge on any atom is -0.445 e. The fraction of sp³-hybridized carbons (Fsp3) is 0.392. The van der Waals surface area contributed by atoms with Gasteiger partial charge in [0.15, 0.2) is 0 Å². The number of rotatable bonds is 27. The second-order valence-corrected chi connectivity index (χ2v) is 18.0. The van der Waals surface area contributed by atoms with Crippen LogP contribution in [0.15, 0.2) is 84.0 Å². The van der Waals surface area contributed by atoms with Gasteiger partial charge in [0.05, 0.1) is 31.0 Å². The van der Waals surface area contributed by atoms with E-state index in [9.17, 15) is 43.2 Å². The van der Waals surface area contributed by atoms with E-state index in [4.69, 9.17) is 26.5 Å². The predicted octanol–water partition coefficient (Wildman–Crippen LogP) is 3.56. The minimum absolute atomic E-state index is 0.0111. The molecule has 5 rings (SSSR count). The van der Waals surface area contributed by atoms with Gasteiger partial charge in [-0.3, -0.25) is 43.5 Å². The van der Waals surface area contributed by atoms with Gasteiger partial charge < -0.3 is 53.0 Å². The van der Waals surface area contributed by atoms with Crippen molar-refractivity contribution in [3.63, 3.8) is 0 Å². The Labute approximate surface area is 432 Å². The van der Waals surface area contributed by atoms with Gasteiger partial charge in [0.25, 0.3) is 11.8 Å². The molecule has 2 heterocycles. The van der Waals surface area contributed by atoms with Crippen molar-refractivity contribution in [2.45, 2.75) is 90.6 Å². The van der Waals surface area contributed by atoms with Crippen molar-refractivity contribution in [1.82, 2.24) is 31.1 Å². The van der Waals surface area contributed by atoms with Gasteiger partial charge in [-0.05, 0) is 78.6 Å². The molecule has 3 aromatic rings. The van der Waals surface area contributed by atoms with Gasteiger partial charge in [0, 0.05) is 62.6 Å². The van der Waals surface area contributed by atoms with E-state index in [-0.39, 0.29) is 112 Å². The number of anilines is 2. The van der Waals surface area contributed by atoms with E-state index in [0.717, 1.165) is 11.1 Å². The number of nitrogens with zero attached hydrogens (tertiary/aromatic N) is 4. The number of nitrogens with one attached hydrogen (secondary N) is 6. The van der Waals surface area contributed by atoms with Crippen LogP contribution in [-0.2, 0) is 51.4 Å². The number of benzene rings is 3. The van der Waals surface area contributed by atoms with Crippen LogP contribution >= 0.6 is 0 Å². The molecule has 10 amide bonds. The summed E-state index contributed by atoms with van der Waals surface area (Å²) in [4.78, 5) is 116. The fourth-order valence-corrected chi connectivity index (χ4v) is 7.88. The number of urea groups is 1. The molecule has 0 aliphatic carbocycles. The van der Waals surface area contributed by atoms with Crippen molar-refractivity contribution < 1.29 is 57.0 Å². The molecule has 23 nitrogen and oxygen atoms in total. The van der Waals surface area contributed by atoms with Gasteiger partial charge in [0.2, 0.25) is 23.6 Å². The van der Waals surface area contributed by atoms with Gasteiger partial charge >= 0.3 is 18.2 Å². The number of carbonyl (C=O) groups excluding carboxylic acids is 9. The first-order valence-corrected chi connectivity index (χ1v) is 24.2. The number of amides is 10. The van der Waals surface area contributed by atoms with E-state index < -0.39 is 54.0 Å². The summed E-state index contributed by atoms with van der Waals surface area (Å²) in [6.45, 7) is 5.06. The number of hydrogen-bond donors (Lipinski definition) is 8. The monoisotopic (exact) mass is 1040 g/mol. The highest BCUT2D eigenvalue weighted by Gasteiger charge is 2.33. The third kappa shape index (κ3) is 17.5. The summed E-state index contributed by atoms with van der Waals surface area (Å²) in [7, 11) is 0. The average Bonchev–Trinajstić information content (AvgIpc) is 3.92. The Morgan fingerprint density at radius 2 is 1.60 bits per heavy atom. The Bertz CT molecular complexity index is 2630. The molecule has 75 heavy (non-hydrogen) atoms. The van der Waals surface area contributed by atoms with Gasteiger partial charge in [0.1, 0.15) is 30.6 Å². The number of hydrogen-bond acceptors (Lipinski definition) is 14. The highest BCUT2D eigenvalue weighted by atomic mass is 19.1. The molecule has 3 aromatic carbocycles. The molecule has 0 radical (unpaired) electrons. The van der Waals surface area contributed by atoms with Gasteiger partial charge in [-0.1, -0.05) is 56.7 Å². The first-order chi connectivity index (χ1) is 35.8. The van der Waals surface area contributed by atoms with Crippen molar-refractivity contribution in [2.75, 3.05) is 42.9 Å². The lowest BCUT2D eigenvalue weighted by atomic mass is 10.0. The van der Waals surface area contributed by atoms with E-state index in [1.165, 1.54) is 41.0 Å². The average molecular weight is 1040 g/mol. The predicted molar refractivity (Wildman–Crippen MR) is 274 cm³/mol. The number of imide groups is 1. The minimum atomic E-state index is -1.10. The molecule has 0 bridgehead atoms. The zero-order valence-electron chi connectivity index (χ0n) is 41.9. The van der Waals surface area contributed by atoms with Crippen LogP contribution < -0.4 is 43.1 Å². The van der Waals surface area contributed by atoms with Gasteiger partial charge in [-0.2, -0.15) is 5.10 Å². The zero-order chi connectivity index (χ0) is 54.6. The number of cyclic esters (lactones) is 1. The summed E-state index contributed by atoms with van der Waals surface area (Å²) in [5.41, 5.74) is 7.83. The van der Waals surface area contributed by atoms with Crippen LogP contribution in [0, 0.1) is 17.1 Å². The molecular formula is C51H63FN12O11. The maximum atomic E-state index is 15.5. The summed E-state index contributed by atoms with van der Waals surface area (Å²) >= 11 is 0. The topological polar surface area (TPSA) is 330 Å². The second-order valence-electron chi connectivity index (χ2n) is 18.0. The maximum Gasteiger partial charge on any atom is 0.414 e. The molecule has 10 N–H and O–H groups in total. The molecule has 3 atom stereocenters. The number of primary amides is 1. The molecule has 2 aliphatic rings. The largest absolute Gasteiger partial charge is 0.445 e. The third-order valence-electron chi connectivity index (χ3n) is 11.9. The first kappa shape index (κ1) is 57.2. The van der Waals surface area contributed by atoms with E-state index >= 15 is 4.39 Å². The first-order valence-electron chi connectivity index (χ1n) is 24.2. The van der Waals surface area contributed by atoms with Crippen molar-refractivity contribution in [1.29, 1.82) is 5.41 Å². The molecule has 1 fully saturated rings. The number of nitrogens with two attached hydrogens (primary N) is 2. The van der Waals surface area contributed by atoms with E-state index in [2.05, 4.69) is 31.7 Å². The summed E-state index contributed by atoms with van der Waals surface area (Å²) < 4.78 is 26.4. The lowest BCUT2D eigenvalue weighted by molar-refractivity contribution is -0.137. The highest BCUT2D eigenvalue weighted by Crippen LogP contribution is 2.30. The number of unbranched alkanes of at least 4 members (excludes halogenated alkanes) is 2. The summed E-state index contributed by atoms with van der Waals surface area (Å²) in [6.07, 6.45) is 3.26. The van der Waals surface area contributed by atoms with Crippen LogP contribution in [0.1, 0.15) is 70.4 Å². The fourth-order valence-electron chi connectivity index (χ4n) is 7.88. The Hall–Kier alpha value is -8.70. The van der Waals surface area contributed by atoms with E-state index in [0.29, 0.717) is 41.6 Å². The second kappa shape index (κ2) is 27.9. The number of halogens is 1. The highest BCUT2D eigenvalue weighted by molar-refractivity contribution is 6.30. The molecule has 0 saturated carbocycles. The molecule has 24 heteroatoms. The van der Waals surface area contributed by atoms with Crippen LogP contribution in [0.2, 0.25) is 0 Å². The quantitative estimate of drug-likeness (QED) is 0.0179. The van der Waals surface area contributed by atoms with Crippen LogP contribution in [0.4, 0.5) is 30.1 Å². The van der Waals surface area contributed by atoms with Crippen LogP contribution in [0.25, 0.3) is 11.1 Å². The molecule has 1 saturated heterocycles.